The van der Waals surface area contributed by atoms with E-state index in [1.807, 2.05) is 0 Å². The number of hydrogen-bond donors (Lipinski definition) is 3. The summed E-state index contributed by atoms with van der Waals surface area (Å²) in [5, 5.41) is 15.8. The molecule has 0 saturated heterocycles. The van der Waals surface area contributed by atoms with E-state index >= 15 is 0 Å². The van der Waals surface area contributed by atoms with Gasteiger partial charge < -0.3 is 25.2 Å². The second-order valence-corrected chi connectivity index (χ2v) is 9.75. The monoisotopic (exact) mass is 578 g/mol. The van der Waals surface area contributed by atoms with Gasteiger partial charge in [0.05, 0.1) is 16.7 Å². The SMILES string of the molecule is O=C(COc1ccc(F)c(C(F)(F)F)c1)NC[C@@H](O)CC1(NC(=O)COc2ccc(Cl)c(F)c2)CCCCC1. The van der Waals surface area contributed by atoms with Crippen LogP contribution in [-0.2, 0) is 15.8 Å². The number of ether oxygens (including phenoxy) is 2. The Balaban J connectivity index is 1.48. The number of carbonyl (C=O) groups excluding carboxylic acids is 2. The minimum absolute atomic E-state index is 0.0772. The molecule has 3 N–H and O–H groups in total. The molecular weight excluding hydrogens is 551 g/mol. The van der Waals surface area contributed by atoms with Crippen LogP contribution in [0.3, 0.4) is 0 Å². The predicted molar refractivity (Wildman–Crippen MR) is 131 cm³/mol. The van der Waals surface area contributed by atoms with E-state index in [1.165, 1.54) is 12.1 Å². The summed E-state index contributed by atoms with van der Waals surface area (Å²) in [6, 6.07) is 5.82. The second-order valence-electron chi connectivity index (χ2n) is 9.34. The molecule has 214 valence electrons. The van der Waals surface area contributed by atoms with Crippen molar-refractivity contribution in [3.05, 3.63) is 58.6 Å². The molecule has 0 heterocycles. The molecule has 1 aliphatic carbocycles. The molecule has 0 unspecified atom stereocenters. The molecule has 1 atom stereocenters. The van der Waals surface area contributed by atoms with Crippen LogP contribution < -0.4 is 20.1 Å². The second kappa shape index (κ2) is 13.3. The number of halogens is 6. The molecule has 0 radical (unpaired) electrons. The number of aliphatic hydroxyl groups is 1. The van der Waals surface area contributed by atoms with Crippen molar-refractivity contribution in [1.82, 2.24) is 10.6 Å². The van der Waals surface area contributed by atoms with Gasteiger partial charge in [-0.15, -0.1) is 0 Å². The number of carbonyl (C=O) groups is 2. The van der Waals surface area contributed by atoms with Gasteiger partial charge in [-0.25, -0.2) is 8.78 Å². The Labute approximate surface area is 226 Å². The van der Waals surface area contributed by atoms with E-state index in [0.29, 0.717) is 25.0 Å². The van der Waals surface area contributed by atoms with Gasteiger partial charge >= 0.3 is 6.18 Å². The van der Waals surface area contributed by atoms with E-state index in [4.69, 9.17) is 21.1 Å². The molecule has 39 heavy (non-hydrogen) atoms. The zero-order valence-corrected chi connectivity index (χ0v) is 21.5. The number of amides is 2. The van der Waals surface area contributed by atoms with Crippen LogP contribution in [-0.4, -0.2) is 48.3 Å². The fourth-order valence-electron chi connectivity index (χ4n) is 4.42. The average Bonchev–Trinajstić information content (AvgIpc) is 2.87. The largest absolute Gasteiger partial charge is 0.484 e. The molecule has 13 heteroatoms. The molecule has 3 rings (SSSR count). The third kappa shape index (κ3) is 9.24. The quantitative estimate of drug-likeness (QED) is 0.334. The molecule has 7 nitrogen and oxygen atoms in total. The van der Waals surface area contributed by atoms with Crippen LogP contribution in [0.25, 0.3) is 0 Å². The maximum absolute atomic E-state index is 13.6. The van der Waals surface area contributed by atoms with E-state index in [0.717, 1.165) is 31.4 Å². The molecule has 0 aromatic heterocycles. The van der Waals surface area contributed by atoms with E-state index in [1.54, 1.807) is 0 Å². The maximum Gasteiger partial charge on any atom is 0.419 e. The highest BCUT2D eigenvalue weighted by Gasteiger charge is 2.36. The normalized spacial score (nSPS) is 15.8. The molecule has 1 saturated carbocycles. The zero-order valence-electron chi connectivity index (χ0n) is 20.8. The van der Waals surface area contributed by atoms with E-state index < -0.39 is 53.4 Å². The minimum Gasteiger partial charge on any atom is -0.484 e. The van der Waals surface area contributed by atoms with Gasteiger partial charge in [0.1, 0.15) is 23.1 Å². The number of alkyl halides is 3. The zero-order chi connectivity index (χ0) is 28.6. The summed E-state index contributed by atoms with van der Waals surface area (Å²) < 4.78 is 75.9. The van der Waals surface area contributed by atoms with Crippen LogP contribution in [0.4, 0.5) is 22.0 Å². The molecule has 1 fully saturated rings. The van der Waals surface area contributed by atoms with Crippen molar-refractivity contribution in [3.8, 4) is 11.5 Å². The Morgan fingerprint density at radius 3 is 2.21 bits per heavy atom. The highest BCUT2D eigenvalue weighted by molar-refractivity contribution is 6.30. The summed E-state index contributed by atoms with van der Waals surface area (Å²) in [4.78, 5) is 24.7. The third-order valence-corrected chi connectivity index (χ3v) is 6.56. The van der Waals surface area contributed by atoms with Crippen LogP contribution >= 0.6 is 11.6 Å². The van der Waals surface area contributed by atoms with Crippen LogP contribution in [0.5, 0.6) is 11.5 Å². The maximum atomic E-state index is 13.6. The highest BCUT2D eigenvalue weighted by Crippen LogP contribution is 2.34. The third-order valence-electron chi connectivity index (χ3n) is 6.25. The van der Waals surface area contributed by atoms with Crippen molar-refractivity contribution in [2.24, 2.45) is 0 Å². The molecule has 0 spiro atoms. The predicted octanol–water partition coefficient (Wildman–Crippen LogP) is 4.78. The Morgan fingerprint density at radius 1 is 0.949 bits per heavy atom. The Bertz CT molecular complexity index is 1160. The van der Waals surface area contributed by atoms with Crippen molar-refractivity contribution in [3.63, 3.8) is 0 Å². The fraction of sp³-hybridized carbons (Fsp3) is 0.462. The van der Waals surface area contributed by atoms with Crippen molar-refractivity contribution in [1.29, 1.82) is 0 Å². The lowest BCUT2D eigenvalue weighted by molar-refractivity contribution is -0.140. The van der Waals surface area contributed by atoms with Gasteiger partial charge in [0, 0.05) is 18.2 Å². The summed E-state index contributed by atoms with van der Waals surface area (Å²) in [6.07, 6.45) is -2.07. The first-order chi connectivity index (χ1) is 18.4. The first-order valence-corrected chi connectivity index (χ1v) is 12.6. The topological polar surface area (TPSA) is 96.9 Å². The van der Waals surface area contributed by atoms with Crippen LogP contribution in [0.15, 0.2) is 36.4 Å². The fourth-order valence-corrected chi connectivity index (χ4v) is 4.54. The van der Waals surface area contributed by atoms with Crippen molar-refractivity contribution >= 4 is 23.4 Å². The first-order valence-electron chi connectivity index (χ1n) is 12.2. The van der Waals surface area contributed by atoms with E-state index in [9.17, 15) is 36.6 Å². The van der Waals surface area contributed by atoms with Crippen molar-refractivity contribution < 1.29 is 46.1 Å². The lowest BCUT2D eigenvalue weighted by Crippen LogP contribution is -2.54. The van der Waals surface area contributed by atoms with E-state index in [-0.39, 0.29) is 36.1 Å². The molecule has 1 aliphatic rings. The Kier molecular flexibility index (Phi) is 10.4. The van der Waals surface area contributed by atoms with Crippen LogP contribution in [0.2, 0.25) is 5.02 Å². The van der Waals surface area contributed by atoms with Gasteiger partial charge in [-0.3, -0.25) is 9.59 Å². The standard InChI is InChI=1S/C26H28ClF5N2O5/c27-20-6-4-18(11-22(20)29)39-15-24(37)34-25(8-2-1-3-9-25)12-16(35)13-33-23(36)14-38-17-5-7-21(28)19(10-17)26(30,31)32/h4-7,10-11,16,35H,1-3,8-9,12-15H2,(H,33,36)(H,34,37)/t16-/m0/s1. The summed E-state index contributed by atoms with van der Waals surface area (Å²) >= 11 is 5.64. The summed E-state index contributed by atoms with van der Waals surface area (Å²) in [5.74, 6) is -3.53. The summed E-state index contributed by atoms with van der Waals surface area (Å²) in [7, 11) is 0. The van der Waals surface area contributed by atoms with Crippen LogP contribution in [0.1, 0.15) is 44.1 Å². The van der Waals surface area contributed by atoms with Gasteiger partial charge in [0.25, 0.3) is 11.8 Å². The number of aliphatic hydroxyl groups excluding tert-OH is 1. The first kappa shape index (κ1) is 30.4. The molecule has 0 bridgehead atoms. The average molecular weight is 579 g/mol. The van der Waals surface area contributed by atoms with Crippen molar-refractivity contribution in [2.45, 2.75) is 56.3 Å². The van der Waals surface area contributed by atoms with Gasteiger partial charge in [0.2, 0.25) is 0 Å². The Hall–Kier alpha value is -3.12. The number of rotatable bonds is 11. The van der Waals surface area contributed by atoms with Crippen molar-refractivity contribution in [2.75, 3.05) is 19.8 Å². The van der Waals surface area contributed by atoms with Gasteiger partial charge in [-0.1, -0.05) is 30.9 Å². The summed E-state index contributed by atoms with van der Waals surface area (Å²) in [6.45, 7) is -1.23. The molecule has 0 aliphatic heterocycles. The van der Waals surface area contributed by atoms with Gasteiger partial charge in [0.15, 0.2) is 13.2 Å². The van der Waals surface area contributed by atoms with Gasteiger partial charge in [-0.05, 0) is 49.6 Å². The Morgan fingerprint density at radius 2 is 1.56 bits per heavy atom. The molecule has 2 aromatic rings. The van der Waals surface area contributed by atoms with Gasteiger partial charge in [-0.2, -0.15) is 13.2 Å². The lowest BCUT2D eigenvalue weighted by Gasteiger charge is -2.39. The summed E-state index contributed by atoms with van der Waals surface area (Å²) in [5.41, 5.74) is -2.26. The van der Waals surface area contributed by atoms with Crippen LogP contribution in [0, 0.1) is 11.6 Å². The smallest absolute Gasteiger partial charge is 0.419 e. The van der Waals surface area contributed by atoms with E-state index in [2.05, 4.69) is 10.6 Å². The molecule has 2 amide bonds. The minimum atomic E-state index is -4.92. The number of hydrogen-bond acceptors (Lipinski definition) is 5. The highest BCUT2D eigenvalue weighted by atomic mass is 35.5. The lowest BCUT2D eigenvalue weighted by atomic mass is 9.77. The molecule has 2 aromatic carbocycles. The number of nitrogens with one attached hydrogen (secondary N) is 2. The number of benzene rings is 2. The molecular formula is C26H28ClF5N2O5.